The highest BCUT2D eigenvalue weighted by Gasteiger charge is 2.18. The van der Waals surface area contributed by atoms with Crippen LogP contribution >= 0.6 is 0 Å². The lowest BCUT2D eigenvalue weighted by molar-refractivity contribution is 0.219. The highest BCUT2D eigenvalue weighted by Crippen LogP contribution is 2.34. The van der Waals surface area contributed by atoms with Gasteiger partial charge >= 0.3 is 0 Å². The summed E-state index contributed by atoms with van der Waals surface area (Å²) in [5.74, 6) is 1.04. The fourth-order valence-electron chi connectivity index (χ4n) is 3.61. The quantitative estimate of drug-likeness (QED) is 0.854. The summed E-state index contributed by atoms with van der Waals surface area (Å²) in [5, 5.41) is 1.36. The van der Waals surface area contributed by atoms with E-state index < -0.39 is 0 Å². The molecule has 1 fully saturated rings. The van der Waals surface area contributed by atoms with Crippen molar-refractivity contribution in [3.63, 3.8) is 0 Å². The van der Waals surface area contributed by atoms with Crippen LogP contribution in [-0.4, -0.2) is 29.7 Å². The molecule has 1 saturated heterocycles. The van der Waals surface area contributed by atoms with E-state index in [0.29, 0.717) is 0 Å². The number of methoxy groups -OCH3 is 1. The van der Waals surface area contributed by atoms with Gasteiger partial charge in [-0.25, -0.2) is 0 Å². The number of hydrogen-bond acceptors (Lipinski definition) is 2. The van der Waals surface area contributed by atoms with Gasteiger partial charge in [0.2, 0.25) is 0 Å². The molecule has 21 heavy (non-hydrogen) atoms. The molecule has 0 radical (unpaired) electrons. The van der Waals surface area contributed by atoms with Gasteiger partial charge in [0.05, 0.1) is 12.6 Å². The average molecular weight is 286 g/mol. The van der Waals surface area contributed by atoms with Crippen LogP contribution in [0.4, 0.5) is 0 Å². The number of piperidine rings is 1. The molecule has 0 bridgehead atoms. The fraction of sp³-hybridized carbons (Fsp3) is 0.556. The largest absolute Gasteiger partial charge is 0.496 e. The highest BCUT2D eigenvalue weighted by molar-refractivity contribution is 5.89. The minimum atomic E-state index is 1.00. The van der Waals surface area contributed by atoms with Crippen molar-refractivity contribution in [2.45, 2.75) is 39.7 Å². The molecule has 0 unspecified atom stereocenters. The first kappa shape index (κ1) is 14.5. The monoisotopic (exact) mass is 286 g/mol. The topological polar surface area (TPSA) is 17.4 Å². The zero-order valence-electron chi connectivity index (χ0n) is 13.7. The smallest absolute Gasteiger partial charge is 0.124 e. The van der Waals surface area contributed by atoms with Crippen molar-refractivity contribution in [2.75, 3.05) is 20.2 Å². The molecular formula is C18H26N2O. The molecule has 2 heterocycles. The second-order valence-electron chi connectivity index (χ2n) is 6.32. The normalized spacial score (nSPS) is 16.6. The molecule has 0 spiro atoms. The van der Waals surface area contributed by atoms with Crippen LogP contribution in [0.15, 0.2) is 12.1 Å². The van der Waals surface area contributed by atoms with Crippen LogP contribution in [0.25, 0.3) is 10.9 Å². The van der Waals surface area contributed by atoms with Crippen molar-refractivity contribution in [3.05, 3.63) is 29.0 Å². The maximum absolute atomic E-state index is 5.69. The standard InChI is InChI=1S/C18H26N2O/c1-13-10-17(21-4)16(12-20-8-6-5-7-9-20)15-11-14(2)19(3)18(13)15/h10-11H,5-9,12H2,1-4H3. The summed E-state index contributed by atoms with van der Waals surface area (Å²) in [6, 6.07) is 4.51. The molecule has 0 saturated carbocycles. The first-order valence-corrected chi connectivity index (χ1v) is 7.96. The summed E-state index contributed by atoms with van der Waals surface area (Å²) in [5.41, 5.74) is 5.30. The molecule has 0 amide bonds. The lowest BCUT2D eigenvalue weighted by Gasteiger charge is -2.27. The van der Waals surface area contributed by atoms with Crippen molar-refractivity contribution < 1.29 is 4.74 Å². The second-order valence-corrected chi connectivity index (χ2v) is 6.32. The molecule has 3 heteroatoms. The highest BCUT2D eigenvalue weighted by atomic mass is 16.5. The molecule has 114 valence electrons. The number of benzene rings is 1. The van der Waals surface area contributed by atoms with Gasteiger partial charge in [0.15, 0.2) is 0 Å². The summed E-state index contributed by atoms with van der Waals surface area (Å²) in [4.78, 5) is 2.57. The Kier molecular flexibility index (Phi) is 3.94. The number of rotatable bonds is 3. The average Bonchev–Trinajstić information content (AvgIpc) is 2.79. The predicted octanol–water partition coefficient (Wildman–Crippen LogP) is 3.79. The number of ether oxygens (including phenoxy) is 1. The van der Waals surface area contributed by atoms with Gasteiger partial charge in [-0.3, -0.25) is 4.90 Å². The Morgan fingerprint density at radius 2 is 1.81 bits per heavy atom. The molecule has 0 atom stereocenters. The fourth-order valence-corrected chi connectivity index (χ4v) is 3.61. The zero-order valence-corrected chi connectivity index (χ0v) is 13.7. The van der Waals surface area contributed by atoms with Crippen LogP contribution in [0.3, 0.4) is 0 Å². The van der Waals surface area contributed by atoms with Crippen LogP contribution in [0.2, 0.25) is 0 Å². The van der Waals surface area contributed by atoms with Gasteiger partial charge in [-0.15, -0.1) is 0 Å². The van der Waals surface area contributed by atoms with E-state index in [1.807, 2.05) is 0 Å². The number of hydrogen-bond donors (Lipinski definition) is 0. The van der Waals surface area contributed by atoms with Crippen LogP contribution in [0.1, 0.15) is 36.1 Å². The van der Waals surface area contributed by atoms with Gasteiger partial charge in [-0.2, -0.15) is 0 Å². The number of fused-ring (bicyclic) bond motifs is 1. The van der Waals surface area contributed by atoms with Gasteiger partial charge in [0, 0.05) is 30.2 Å². The summed E-state index contributed by atoms with van der Waals surface area (Å²) >= 11 is 0. The van der Waals surface area contributed by atoms with Gasteiger partial charge in [-0.1, -0.05) is 6.42 Å². The number of nitrogens with zero attached hydrogens (tertiary/aromatic N) is 2. The van der Waals surface area contributed by atoms with Crippen molar-refractivity contribution in [3.8, 4) is 5.75 Å². The molecule has 3 rings (SSSR count). The Bertz CT molecular complexity index is 651. The first-order chi connectivity index (χ1) is 10.1. The third kappa shape index (κ3) is 2.55. The van der Waals surface area contributed by atoms with Crippen LogP contribution < -0.4 is 4.74 Å². The van der Waals surface area contributed by atoms with Crippen molar-refractivity contribution in [1.29, 1.82) is 0 Å². The molecule has 1 aromatic carbocycles. The van der Waals surface area contributed by atoms with Crippen LogP contribution in [0.5, 0.6) is 5.75 Å². The summed E-state index contributed by atoms with van der Waals surface area (Å²) in [6.45, 7) is 7.78. The molecule has 1 aliphatic heterocycles. The molecule has 0 aliphatic carbocycles. The third-order valence-corrected chi connectivity index (χ3v) is 4.87. The summed E-state index contributed by atoms with van der Waals surface area (Å²) < 4.78 is 7.98. The van der Waals surface area contributed by atoms with E-state index in [0.717, 1.165) is 12.3 Å². The van der Waals surface area contributed by atoms with Gasteiger partial charge in [0.25, 0.3) is 0 Å². The Balaban J connectivity index is 2.10. The Hall–Kier alpha value is -1.48. The Morgan fingerprint density at radius 3 is 2.48 bits per heavy atom. The number of aryl methyl sites for hydroxylation is 3. The molecule has 1 aliphatic rings. The minimum Gasteiger partial charge on any atom is -0.496 e. The SMILES string of the molecule is COc1cc(C)c2c(cc(C)n2C)c1CN1CCCCC1. The van der Waals surface area contributed by atoms with E-state index in [9.17, 15) is 0 Å². The van der Waals surface area contributed by atoms with Gasteiger partial charge in [0.1, 0.15) is 5.75 Å². The second kappa shape index (κ2) is 5.72. The van der Waals surface area contributed by atoms with Crippen LogP contribution in [0, 0.1) is 13.8 Å². The van der Waals surface area contributed by atoms with Gasteiger partial charge in [-0.05, 0) is 57.5 Å². The van der Waals surface area contributed by atoms with Gasteiger partial charge < -0.3 is 9.30 Å². The molecule has 2 aromatic rings. The summed E-state index contributed by atoms with van der Waals surface area (Å²) in [6.07, 6.45) is 4.03. The van der Waals surface area contributed by atoms with Crippen molar-refractivity contribution in [2.24, 2.45) is 7.05 Å². The molecule has 0 N–H and O–H groups in total. The van der Waals surface area contributed by atoms with E-state index in [1.165, 1.54) is 60.1 Å². The maximum Gasteiger partial charge on any atom is 0.124 e. The number of aromatic nitrogens is 1. The molecule has 3 nitrogen and oxygen atoms in total. The van der Waals surface area contributed by atoms with E-state index in [4.69, 9.17) is 4.74 Å². The predicted molar refractivity (Wildman–Crippen MR) is 88.1 cm³/mol. The maximum atomic E-state index is 5.69. The van der Waals surface area contributed by atoms with Crippen molar-refractivity contribution in [1.82, 2.24) is 9.47 Å². The number of likely N-dealkylation sites (tertiary alicyclic amines) is 1. The van der Waals surface area contributed by atoms with E-state index in [-0.39, 0.29) is 0 Å². The summed E-state index contributed by atoms with van der Waals surface area (Å²) in [7, 11) is 3.94. The van der Waals surface area contributed by atoms with E-state index >= 15 is 0 Å². The minimum absolute atomic E-state index is 1.00. The first-order valence-electron chi connectivity index (χ1n) is 7.96. The zero-order chi connectivity index (χ0) is 15.0. The van der Waals surface area contributed by atoms with E-state index in [1.54, 1.807) is 7.11 Å². The molecular weight excluding hydrogens is 260 g/mol. The Morgan fingerprint density at radius 1 is 1.10 bits per heavy atom. The Labute approximate surface area is 127 Å². The lowest BCUT2D eigenvalue weighted by atomic mass is 10.0. The van der Waals surface area contributed by atoms with E-state index in [2.05, 4.69) is 42.5 Å². The van der Waals surface area contributed by atoms with Crippen molar-refractivity contribution >= 4 is 10.9 Å². The third-order valence-electron chi connectivity index (χ3n) is 4.87. The van der Waals surface area contributed by atoms with Crippen LogP contribution in [-0.2, 0) is 13.6 Å². The lowest BCUT2D eigenvalue weighted by Crippen LogP contribution is -2.29. The molecule has 1 aromatic heterocycles.